The molecule has 3 aromatic carbocycles. The van der Waals surface area contributed by atoms with Crippen molar-refractivity contribution in [1.82, 2.24) is 19.7 Å². The Balaban J connectivity index is 1.59. The van der Waals surface area contributed by atoms with Gasteiger partial charge >= 0.3 is 0 Å². The molecule has 1 aliphatic heterocycles. The largest absolute Gasteiger partial charge is 0.378 e. The summed E-state index contributed by atoms with van der Waals surface area (Å²) in [6.45, 7) is 4.53. The fourth-order valence-electron chi connectivity index (χ4n) is 5.15. The Kier molecular flexibility index (Phi) is 5.91. The number of hydrogen-bond acceptors (Lipinski definition) is 7. The second-order valence-corrected chi connectivity index (χ2v) is 10.6. The zero-order valence-electron chi connectivity index (χ0n) is 21.4. The van der Waals surface area contributed by atoms with Gasteiger partial charge in [-0.25, -0.2) is 9.55 Å². The molecule has 1 fully saturated rings. The highest BCUT2D eigenvalue weighted by atomic mass is 32.1. The SMILES string of the molecule is Cc1ccc(-n2c(N3CCOCC3)nc3c(sc4nnc(-c5ccccc5)c(-c5ccccc5)c43)c2=O)cc1. The Labute approximate surface area is 229 Å². The fourth-order valence-corrected chi connectivity index (χ4v) is 6.15. The van der Waals surface area contributed by atoms with Crippen molar-refractivity contribution in [3.8, 4) is 28.1 Å². The predicted molar refractivity (Wildman–Crippen MR) is 157 cm³/mol. The van der Waals surface area contributed by atoms with Crippen molar-refractivity contribution in [1.29, 1.82) is 0 Å². The van der Waals surface area contributed by atoms with Gasteiger partial charge in [-0.05, 0) is 24.6 Å². The number of morpholine rings is 1. The lowest BCUT2D eigenvalue weighted by Gasteiger charge is -2.29. The first-order chi connectivity index (χ1) is 19.2. The van der Waals surface area contributed by atoms with E-state index in [0.29, 0.717) is 47.3 Å². The van der Waals surface area contributed by atoms with E-state index < -0.39 is 0 Å². The van der Waals surface area contributed by atoms with Gasteiger partial charge in [0.15, 0.2) is 0 Å². The number of anilines is 1. The van der Waals surface area contributed by atoms with Crippen LogP contribution in [-0.2, 0) is 4.74 Å². The molecule has 3 aromatic heterocycles. The Morgan fingerprint density at radius 2 is 1.49 bits per heavy atom. The molecule has 1 aliphatic rings. The van der Waals surface area contributed by atoms with E-state index in [4.69, 9.17) is 9.72 Å². The van der Waals surface area contributed by atoms with Crippen LogP contribution in [0.2, 0.25) is 0 Å². The van der Waals surface area contributed by atoms with Gasteiger partial charge in [-0.1, -0.05) is 78.4 Å². The topological polar surface area (TPSA) is 73.1 Å². The molecular formula is C31H25N5O2S. The molecule has 8 heteroatoms. The summed E-state index contributed by atoms with van der Waals surface area (Å²) >= 11 is 1.36. The van der Waals surface area contributed by atoms with Crippen LogP contribution in [0.15, 0.2) is 89.7 Å². The van der Waals surface area contributed by atoms with Gasteiger partial charge in [-0.15, -0.1) is 21.5 Å². The van der Waals surface area contributed by atoms with E-state index in [1.54, 1.807) is 4.57 Å². The summed E-state index contributed by atoms with van der Waals surface area (Å²) in [7, 11) is 0. The molecule has 7 rings (SSSR count). The molecule has 0 spiro atoms. The maximum atomic E-state index is 14.3. The molecule has 0 aliphatic carbocycles. The van der Waals surface area contributed by atoms with Crippen molar-refractivity contribution in [3.05, 3.63) is 101 Å². The number of ether oxygens (including phenoxy) is 1. The summed E-state index contributed by atoms with van der Waals surface area (Å²) in [6.07, 6.45) is 0. The summed E-state index contributed by atoms with van der Waals surface area (Å²) in [5.41, 5.74) is 6.16. The lowest BCUT2D eigenvalue weighted by Crippen LogP contribution is -2.40. The minimum Gasteiger partial charge on any atom is -0.378 e. The van der Waals surface area contributed by atoms with E-state index in [0.717, 1.165) is 39.0 Å². The van der Waals surface area contributed by atoms with E-state index >= 15 is 0 Å². The third-order valence-electron chi connectivity index (χ3n) is 7.10. The molecule has 0 saturated carbocycles. The second-order valence-electron chi connectivity index (χ2n) is 9.60. The highest BCUT2D eigenvalue weighted by Crippen LogP contribution is 2.42. The average Bonchev–Trinajstić information content (AvgIpc) is 3.38. The smallest absolute Gasteiger partial charge is 0.277 e. The Hall–Kier alpha value is -4.40. The standard InChI is InChI=1S/C31H25N5O2S/c1-20-12-14-23(15-13-20)36-30(37)28-27(32-31(36)35-16-18-38-19-17-35)25-24(21-8-4-2-5-9-21)26(33-34-29(25)39-28)22-10-6-3-7-11-22/h2-15H,16-19H2,1H3. The average molecular weight is 532 g/mol. The number of aryl methyl sites for hydroxylation is 1. The van der Waals surface area contributed by atoms with Gasteiger partial charge in [0, 0.05) is 29.6 Å². The summed E-state index contributed by atoms with van der Waals surface area (Å²) in [4.78, 5) is 22.4. The van der Waals surface area contributed by atoms with E-state index in [9.17, 15) is 4.79 Å². The molecule has 39 heavy (non-hydrogen) atoms. The third kappa shape index (κ3) is 4.09. The minimum atomic E-state index is -0.103. The number of rotatable bonds is 4. The first-order valence-corrected chi connectivity index (χ1v) is 13.8. The lowest BCUT2D eigenvalue weighted by atomic mass is 9.97. The van der Waals surface area contributed by atoms with Crippen molar-refractivity contribution >= 4 is 37.7 Å². The van der Waals surface area contributed by atoms with Crippen LogP contribution < -0.4 is 10.5 Å². The number of benzene rings is 3. The van der Waals surface area contributed by atoms with Crippen LogP contribution in [0.4, 0.5) is 5.95 Å². The minimum absolute atomic E-state index is 0.103. The molecule has 0 amide bonds. The number of aromatic nitrogens is 4. The van der Waals surface area contributed by atoms with Crippen molar-refractivity contribution in [2.45, 2.75) is 6.92 Å². The molecular weight excluding hydrogens is 506 g/mol. The van der Waals surface area contributed by atoms with Crippen molar-refractivity contribution in [3.63, 3.8) is 0 Å². The van der Waals surface area contributed by atoms with Crippen molar-refractivity contribution in [2.24, 2.45) is 0 Å². The summed E-state index contributed by atoms with van der Waals surface area (Å²) < 4.78 is 7.93. The van der Waals surface area contributed by atoms with Crippen LogP contribution >= 0.6 is 11.3 Å². The predicted octanol–water partition coefficient (Wildman–Crippen LogP) is 5.87. The first kappa shape index (κ1) is 23.7. The normalized spacial score (nSPS) is 13.8. The Morgan fingerprint density at radius 3 is 2.18 bits per heavy atom. The Morgan fingerprint density at radius 1 is 0.821 bits per heavy atom. The van der Waals surface area contributed by atoms with Crippen LogP contribution in [-0.4, -0.2) is 46.1 Å². The van der Waals surface area contributed by atoms with E-state index in [-0.39, 0.29) is 5.56 Å². The zero-order valence-corrected chi connectivity index (χ0v) is 22.2. The number of thiophene rings is 1. The van der Waals surface area contributed by atoms with Crippen LogP contribution in [0.1, 0.15) is 5.56 Å². The van der Waals surface area contributed by atoms with Crippen LogP contribution in [0.25, 0.3) is 48.5 Å². The molecule has 6 aromatic rings. The van der Waals surface area contributed by atoms with Crippen LogP contribution in [0, 0.1) is 6.92 Å². The zero-order chi connectivity index (χ0) is 26.3. The third-order valence-corrected chi connectivity index (χ3v) is 8.15. The second kappa shape index (κ2) is 9.72. The van der Waals surface area contributed by atoms with Gasteiger partial charge in [0.1, 0.15) is 20.7 Å². The van der Waals surface area contributed by atoms with Gasteiger partial charge in [-0.2, -0.15) is 0 Å². The molecule has 0 unspecified atom stereocenters. The summed E-state index contributed by atoms with van der Waals surface area (Å²) in [6, 6.07) is 28.2. The summed E-state index contributed by atoms with van der Waals surface area (Å²) in [5, 5.41) is 10.2. The molecule has 0 atom stereocenters. The maximum Gasteiger partial charge on any atom is 0.277 e. The maximum absolute atomic E-state index is 14.3. The monoisotopic (exact) mass is 531 g/mol. The van der Waals surface area contributed by atoms with Crippen LogP contribution in [0.3, 0.4) is 0 Å². The van der Waals surface area contributed by atoms with E-state index in [2.05, 4.69) is 27.2 Å². The number of nitrogens with zero attached hydrogens (tertiary/aromatic N) is 5. The molecule has 0 bridgehead atoms. The molecule has 1 saturated heterocycles. The highest BCUT2D eigenvalue weighted by molar-refractivity contribution is 7.25. The van der Waals surface area contributed by atoms with Crippen molar-refractivity contribution in [2.75, 3.05) is 31.2 Å². The summed E-state index contributed by atoms with van der Waals surface area (Å²) in [5.74, 6) is 0.622. The molecule has 7 nitrogen and oxygen atoms in total. The highest BCUT2D eigenvalue weighted by Gasteiger charge is 2.26. The fraction of sp³-hybridized carbons (Fsp3) is 0.161. The quantitative estimate of drug-likeness (QED) is 0.283. The lowest BCUT2D eigenvalue weighted by molar-refractivity contribution is 0.122. The van der Waals surface area contributed by atoms with E-state index in [1.165, 1.54) is 11.3 Å². The van der Waals surface area contributed by atoms with Crippen LogP contribution in [0.5, 0.6) is 0 Å². The molecule has 192 valence electrons. The number of hydrogen-bond donors (Lipinski definition) is 0. The Bertz CT molecular complexity index is 1860. The van der Waals surface area contributed by atoms with Gasteiger partial charge in [0.25, 0.3) is 5.56 Å². The number of fused-ring (bicyclic) bond motifs is 3. The van der Waals surface area contributed by atoms with Crippen molar-refractivity contribution < 1.29 is 4.74 Å². The molecule has 0 N–H and O–H groups in total. The first-order valence-electron chi connectivity index (χ1n) is 13.0. The van der Waals surface area contributed by atoms with Gasteiger partial charge in [0.2, 0.25) is 5.95 Å². The molecule has 4 heterocycles. The van der Waals surface area contributed by atoms with Gasteiger partial charge in [-0.3, -0.25) is 4.79 Å². The van der Waals surface area contributed by atoms with Gasteiger partial charge in [0.05, 0.1) is 18.9 Å². The molecule has 0 radical (unpaired) electrons. The van der Waals surface area contributed by atoms with E-state index in [1.807, 2.05) is 79.7 Å². The van der Waals surface area contributed by atoms with Gasteiger partial charge < -0.3 is 9.64 Å².